The summed E-state index contributed by atoms with van der Waals surface area (Å²) in [5, 5.41) is 1.00. The van der Waals surface area contributed by atoms with Crippen LogP contribution in [0.1, 0.15) is 22.7 Å². The van der Waals surface area contributed by atoms with Crippen LogP contribution in [0.5, 0.6) is 0 Å². The number of nitrogens with zero attached hydrogens (tertiary/aromatic N) is 2. The van der Waals surface area contributed by atoms with Gasteiger partial charge in [-0.25, -0.2) is 10.0 Å². The van der Waals surface area contributed by atoms with E-state index in [1.165, 1.54) is 5.56 Å². The molecule has 1 saturated heterocycles. The Kier molecular flexibility index (Phi) is 4.57. The summed E-state index contributed by atoms with van der Waals surface area (Å²) in [6.45, 7) is 2.04. The second-order valence-corrected chi connectivity index (χ2v) is 8.66. The summed E-state index contributed by atoms with van der Waals surface area (Å²) < 4.78 is 0. The monoisotopic (exact) mass is 419 g/mol. The Morgan fingerprint density at radius 3 is 2.45 bits per heavy atom. The molecule has 0 aromatic heterocycles. The van der Waals surface area contributed by atoms with Gasteiger partial charge in [0, 0.05) is 15.4 Å². The first-order valence-electron chi connectivity index (χ1n) is 9.37. The highest BCUT2D eigenvalue weighted by atomic mass is 35.5. The van der Waals surface area contributed by atoms with Crippen LogP contribution in [-0.2, 0) is 4.79 Å². The Morgan fingerprint density at radius 2 is 1.66 bits per heavy atom. The van der Waals surface area contributed by atoms with E-state index < -0.39 is 5.38 Å². The number of nitrogens with one attached hydrogen (secondary N) is 1. The van der Waals surface area contributed by atoms with Crippen molar-refractivity contribution in [2.45, 2.75) is 28.1 Å². The highest BCUT2D eigenvalue weighted by Gasteiger charge is 2.48. The molecule has 1 amide bonds. The average molecular weight is 420 g/mol. The van der Waals surface area contributed by atoms with E-state index in [-0.39, 0.29) is 11.9 Å². The third kappa shape index (κ3) is 3.20. The van der Waals surface area contributed by atoms with Gasteiger partial charge in [-0.2, -0.15) is 0 Å². The van der Waals surface area contributed by atoms with Crippen LogP contribution in [0.15, 0.2) is 87.6 Å². The molecule has 2 aliphatic rings. The van der Waals surface area contributed by atoms with Crippen molar-refractivity contribution in [2.75, 3.05) is 0 Å². The maximum atomic E-state index is 12.6. The van der Waals surface area contributed by atoms with Gasteiger partial charge in [-0.05, 0) is 30.7 Å². The van der Waals surface area contributed by atoms with Crippen LogP contribution in [0.25, 0.3) is 0 Å². The predicted molar refractivity (Wildman–Crippen MR) is 117 cm³/mol. The second kappa shape index (κ2) is 7.25. The lowest BCUT2D eigenvalue weighted by Gasteiger charge is -2.44. The summed E-state index contributed by atoms with van der Waals surface area (Å²) in [5.41, 5.74) is 7.27. The number of para-hydroxylation sites is 1. The number of carbonyl (C=O) groups is 1. The Balaban J connectivity index is 1.53. The van der Waals surface area contributed by atoms with Crippen LogP contribution in [0.4, 0.5) is 5.69 Å². The molecule has 6 heteroatoms. The first-order chi connectivity index (χ1) is 14.1. The van der Waals surface area contributed by atoms with Crippen LogP contribution in [0.2, 0.25) is 0 Å². The average Bonchev–Trinajstić information content (AvgIpc) is 2.91. The van der Waals surface area contributed by atoms with Gasteiger partial charge in [0.1, 0.15) is 11.4 Å². The molecule has 1 fully saturated rings. The summed E-state index contributed by atoms with van der Waals surface area (Å²) in [5.74, 6) is 0.495. The van der Waals surface area contributed by atoms with Gasteiger partial charge < -0.3 is 0 Å². The fraction of sp³-hybridized carbons (Fsp3) is 0.130. The molecule has 3 aromatic rings. The number of carbonyl (C=O) groups excluding carboxylic acids is 1. The molecule has 4 nitrogen and oxygen atoms in total. The molecular weight excluding hydrogens is 402 g/mol. The van der Waals surface area contributed by atoms with Crippen LogP contribution in [-0.4, -0.2) is 22.1 Å². The van der Waals surface area contributed by atoms with Crippen molar-refractivity contribution in [2.24, 2.45) is 4.99 Å². The normalized spacial score (nSPS) is 20.1. The lowest BCUT2D eigenvalue weighted by Crippen LogP contribution is -2.63. The predicted octanol–water partition coefficient (Wildman–Crippen LogP) is 5.23. The number of hydrazine groups is 1. The number of aryl methyl sites for hydroxylation is 1. The van der Waals surface area contributed by atoms with Crippen LogP contribution in [0, 0.1) is 6.92 Å². The number of β-lactam (4-membered cyclic amide) rings is 1. The van der Waals surface area contributed by atoms with Crippen LogP contribution < -0.4 is 5.43 Å². The molecule has 0 aliphatic carbocycles. The summed E-state index contributed by atoms with van der Waals surface area (Å²) >= 11 is 8.07. The largest absolute Gasteiger partial charge is 0.278 e. The van der Waals surface area contributed by atoms with Crippen molar-refractivity contribution < 1.29 is 4.79 Å². The van der Waals surface area contributed by atoms with E-state index in [9.17, 15) is 4.79 Å². The van der Waals surface area contributed by atoms with Gasteiger partial charge in [-0.15, -0.1) is 11.6 Å². The molecule has 0 saturated carbocycles. The van der Waals surface area contributed by atoms with Crippen molar-refractivity contribution in [3.05, 3.63) is 89.5 Å². The van der Waals surface area contributed by atoms with E-state index in [2.05, 4.69) is 17.6 Å². The third-order valence-electron chi connectivity index (χ3n) is 5.13. The zero-order valence-corrected chi connectivity index (χ0v) is 17.2. The van der Waals surface area contributed by atoms with Gasteiger partial charge >= 0.3 is 0 Å². The summed E-state index contributed by atoms with van der Waals surface area (Å²) in [7, 11) is 0. The first kappa shape index (κ1) is 18.3. The number of rotatable bonds is 2. The number of hydrogen-bond donors (Lipinski definition) is 1. The van der Waals surface area contributed by atoms with Crippen molar-refractivity contribution in [3.63, 3.8) is 0 Å². The minimum Gasteiger partial charge on any atom is -0.278 e. The summed E-state index contributed by atoms with van der Waals surface area (Å²) in [6.07, 6.45) is 0. The molecular formula is C23H18ClN3OS. The van der Waals surface area contributed by atoms with Crippen LogP contribution >= 0.6 is 23.4 Å². The van der Waals surface area contributed by atoms with Crippen LogP contribution in [0.3, 0.4) is 0 Å². The van der Waals surface area contributed by atoms with Gasteiger partial charge in [0.25, 0.3) is 5.91 Å². The smallest absolute Gasteiger partial charge is 0.262 e. The fourth-order valence-corrected chi connectivity index (χ4v) is 4.93. The van der Waals surface area contributed by atoms with Gasteiger partial charge in [0.2, 0.25) is 0 Å². The van der Waals surface area contributed by atoms with Crippen molar-refractivity contribution in [1.82, 2.24) is 10.4 Å². The molecule has 1 N–H and O–H groups in total. The molecule has 2 aliphatic heterocycles. The Hall–Kier alpha value is -2.76. The second-order valence-electron chi connectivity index (χ2n) is 7.10. The molecule has 2 heterocycles. The van der Waals surface area contributed by atoms with E-state index in [1.54, 1.807) is 16.8 Å². The van der Waals surface area contributed by atoms with Crippen molar-refractivity contribution in [3.8, 4) is 0 Å². The van der Waals surface area contributed by atoms with E-state index in [1.807, 2.05) is 67.6 Å². The Morgan fingerprint density at radius 1 is 0.966 bits per heavy atom. The summed E-state index contributed by atoms with van der Waals surface area (Å²) in [4.78, 5) is 19.6. The zero-order valence-electron chi connectivity index (χ0n) is 15.7. The topological polar surface area (TPSA) is 44.7 Å². The maximum Gasteiger partial charge on any atom is 0.262 e. The number of amides is 1. The Labute approximate surface area is 178 Å². The van der Waals surface area contributed by atoms with Gasteiger partial charge in [0.15, 0.2) is 5.84 Å². The number of amidine groups is 1. The molecule has 5 rings (SSSR count). The standard InChI is InChI=1S/C23H18ClN3OS/c1-14-10-12-15(13-11-14)21-20(24)23(28)27(21)26-22-16-6-2-4-8-18(16)29-19-9-5-3-7-17(19)25-22/h2-13,20-21H,1H3,(H,25,26)/t20-,21-/m1/s1. The van der Waals surface area contributed by atoms with E-state index in [0.29, 0.717) is 5.84 Å². The van der Waals surface area contributed by atoms with Gasteiger partial charge in [-0.1, -0.05) is 71.9 Å². The number of halogens is 1. The number of aliphatic imine (C=N–C) groups is 1. The van der Waals surface area contributed by atoms with E-state index in [4.69, 9.17) is 16.6 Å². The highest BCUT2D eigenvalue weighted by Crippen LogP contribution is 2.41. The zero-order chi connectivity index (χ0) is 20.0. The molecule has 0 bridgehead atoms. The molecule has 29 heavy (non-hydrogen) atoms. The number of benzene rings is 3. The maximum absolute atomic E-state index is 12.6. The number of fused-ring (bicyclic) bond motifs is 2. The Bertz CT molecular complexity index is 1130. The van der Waals surface area contributed by atoms with Crippen molar-refractivity contribution >= 4 is 40.8 Å². The SMILES string of the molecule is Cc1ccc([C@@H]2[C@@H](Cl)C(=O)N2NC2=Nc3ccccc3Sc3ccccc32)cc1. The van der Waals surface area contributed by atoms with Gasteiger partial charge in [-0.3, -0.25) is 10.2 Å². The molecule has 144 valence electrons. The number of hydrogen-bond acceptors (Lipinski definition) is 4. The first-order valence-corrected chi connectivity index (χ1v) is 10.6. The van der Waals surface area contributed by atoms with E-state index >= 15 is 0 Å². The van der Waals surface area contributed by atoms with Crippen molar-refractivity contribution in [1.29, 1.82) is 0 Å². The molecule has 2 atom stereocenters. The molecule has 0 radical (unpaired) electrons. The minimum atomic E-state index is -0.589. The summed E-state index contributed by atoms with van der Waals surface area (Å²) in [6, 6.07) is 23.9. The van der Waals surface area contributed by atoms with E-state index in [0.717, 1.165) is 26.6 Å². The fourth-order valence-electron chi connectivity index (χ4n) is 3.55. The number of alkyl halides is 1. The quantitative estimate of drug-likeness (QED) is 0.456. The minimum absolute atomic E-state index is 0.150. The lowest BCUT2D eigenvalue weighted by atomic mass is 9.94. The molecule has 0 unspecified atom stereocenters. The molecule has 3 aromatic carbocycles. The molecule has 0 spiro atoms. The highest BCUT2D eigenvalue weighted by molar-refractivity contribution is 7.99. The lowest BCUT2D eigenvalue weighted by molar-refractivity contribution is -0.148. The van der Waals surface area contributed by atoms with Gasteiger partial charge in [0.05, 0.1) is 5.69 Å². The third-order valence-corrected chi connectivity index (χ3v) is 6.70.